The molecule has 4 rings (SSSR count). The van der Waals surface area contributed by atoms with E-state index in [1.807, 2.05) is 52.9 Å². The number of thiophene rings is 1. The van der Waals surface area contributed by atoms with E-state index in [0.29, 0.717) is 4.88 Å². The molecule has 0 radical (unpaired) electrons. The molecule has 0 unspecified atom stereocenters. The van der Waals surface area contributed by atoms with Gasteiger partial charge in [-0.15, -0.1) is 11.3 Å². The summed E-state index contributed by atoms with van der Waals surface area (Å²) in [4.78, 5) is 27.5. The number of primary amides is 1. The van der Waals surface area contributed by atoms with Crippen molar-refractivity contribution in [3.05, 3.63) is 47.0 Å². The second-order valence-corrected chi connectivity index (χ2v) is 8.18. The lowest BCUT2D eigenvalue weighted by Crippen LogP contribution is -2.46. The average Bonchev–Trinajstić information content (AvgIpc) is 3.24. The van der Waals surface area contributed by atoms with Gasteiger partial charge in [-0.2, -0.15) is 5.10 Å². The molecule has 28 heavy (non-hydrogen) atoms. The topological polar surface area (TPSA) is 93.2 Å². The van der Waals surface area contributed by atoms with Gasteiger partial charge in [-0.05, 0) is 38.0 Å². The first kappa shape index (κ1) is 18.6. The normalized spacial score (nSPS) is 15.8. The van der Waals surface area contributed by atoms with Crippen LogP contribution in [-0.4, -0.2) is 52.2 Å². The fraction of sp³-hybridized carbons (Fsp3) is 0.350. The maximum Gasteiger partial charge on any atom is 0.261 e. The van der Waals surface area contributed by atoms with E-state index in [0.717, 1.165) is 47.5 Å². The molecule has 3 N–H and O–H groups in total. The summed E-state index contributed by atoms with van der Waals surface area (Å²) >= 11 is 1.46. The Labute approximate surface area is 167 Å². The van der Waals surface area contributed by atoms with Crippen LogP contribution in [0, 0.1) is 6.92 Å². The van der Waals surface area contributed by atoms with Gasteiger partial charge in [-0.1, -0.05) is 18.2 Å². The molecule has 3 aromatic rings. The zero-order valence-corrected chi connectivity index (χ0v) is 16.5. The first-order chi connectivity index (χ1) is 13.5. The number of para-hydroxylation sites is 1. The van der Waals surface area contributed by atoms with E-state index in [9.17, 15) is 9.59 Å². The molecule has 1 aromatic carbocycles. The summed E-state index contributed by atoms with van der Waals surface area (Å²) in [5.41, 5.74) is 7.15. The zero-order valence-electron chi connectivity index (χ0n) is 15.7. The van der Waals surface area contributed by atoms with E-state index in [2.05, 4.69) is 10.4 Å². The SMILES string of the molecule is Cc1nn(-c2ccccc2)c2sc(C(=O)NC3CCN(CC(N)=O)CC3)cc12. The molecule has 1 aliphatic rings. The second kappa shape index (κ2) is 7.73. The average molecular weight is 398 g/mol. The predicted molar refractivity (Wildman–Crippen MR) is 110 cm³/mol. The van der Waals surface area contributed by atoms with E-state index in [4.69, 9.17) is 5.73 Å². The Morgan fingerprint density at radius 3 is 2.64 bits per heavy atom. The van der Waals surface area contributed by atoms with Crippen molar-refractivity contribution in [1.29, 1.82) is 0 Å². The highest BCUT2D eigenvalue weighted by molar-refractivity contribution is 7.20. The van der Waals surface area contributed by atoms with Crippen LogP contribution in [-0.2, 0) is 4.79 Å². The van der Waals surface area contributed by atoms with E-state index in [1.165, 1.54) is 11.3 Å². The van der Waals surface area contributed by atoms with Crippen molar-refractivity contribution in [3.63, 3.8) is 0 Å². The summed E-state index contributed by atoms with van der Waals surface area (Å²) in [5.74, 6) is -0.357. The van der Waals surface area contributed by atoms with Gasteiger partial charge in [0, 0.05) is 24.5 Å². The van der Waals surface area contributed by atoms with Crippen molar-refractivity contribution in [1.82, 2.24) is 20.0 Å². The minimum Gasteiger partial charge on any atom is -0.369 e. The van der Waals surface area contributed by atoms with E-state index < -0.39 is 0 Å². The van der Waals surface area contributed by atoms with Gasteiger partial charge in [0.2, 0.25) is 5.91 Å². The van der Waals surface area contributed by atoms with Crippen molar-refractivity contribution in [2.45, 2.75) is 25.8 Å². The quantitative estimate of drug-likeness (QED) is 0.689. The van der Waals surface area contributed by atoms with E-state index >= 15 is 0 Å². The molecule has 1 fully saturated rings. The lowest BCUT2D eigenvalue weighted by Gasteiger charge is -2.31. The number of likely N-dealkylation sites (tertiary alicyclic amines) is 1. The number of hydrogen-bond donors (Lipinski definition) is 2. The van der Waals surface area contributed by atoms with Gasteiger partial charge >= 0.3 is 0 Å². The van der Waals surface area contributed by atoms with Crippen LogP contribution in [0.2, 0.25) is 0 Å². The molecule has 0 bridgehead atoms. The summed E-state index contributed by atoms with van der Waals surface area (Å²) in [5, 5.41) is 8.77. The summed E-state index contributed by atoms with van der Waals surface area (Å²) in [6, 6.07) is 12.0. The molecule has 3 heterocycles. The minimum atomic E-state index is -0.310. The van der Waals surface area contributed by atoms with Crippen molar-refractivity contribution in [2.75, 3.05) is 19.6 Å². The summed E-state index contributed by atoms with van der Waals surface area (Å²) < 4.78 is 1.90. The molecule has 2 aromatic heterocycles. The Kier molecular flexibility index (Phi) is 5.15. The number of amides is 2. The molecule has 1 saturated heterocycles. The minimum absolute atomic E-state index is 0.0476. The Morgan fingerprint density at radius 1 is 1.25 bits per heavy atom. The number of benzene rings is 1. The maximum absolute atomic E-state index is 12.8. The molecule has 8 heteroatoms. The van der Waals surface area contributed by atoms with Crippen LogP contribution in [0.1, 0.15) is 28.2 Å². The largest absolute Gasteiger partial charge is 0.369 e. The number of carbonyl (C=O) groups is 2. The third-order valence-electron chi connectivity index (χ3n) is 5.07. The third kappa shape index (κ3) is 3.79. The Morgan fingerprint density at radius 2 is 1.96 bits per heavy atom. The first-order valence-corrected chi connectivity index (χ1v) is 10.2. The van der Waals surface area contributed by atoms with Crippen LogP contribution in [0.5, 0.6) is 0 Å². The van der Waals surface area contributed by atoms with Gasteiger partial charge in [-0.3, -0.25) is 14.5 Å². The predicted octanol–water partition coefficient (Wildman–Crippen LogP) is 2.07. The lowest BCUT2D eigenvalue weighted by atomic mass is 10.0. The fourth-order valence-electron chi connectivity index (χ4n) is 3.62. The third-order valence-corrected chi connectivity index (χ3v) is 6.18. The number of aromatic nitrogens is 2. The summed E-state index contributed by atoms with van der Waals surface area (Å²) in [6.45, 7) is 3.78. The Hall–Kier alpha value is -2.71. The molecular formula is C20H23N5O2S. The maximum atomic E-state index is 12.8. The van der Waals surface area contributed by atoms with Crippen LogP contribution in [0.4, 0.5) is 0 Å². The van der Waals surface area contributed by atoms with Crippen molar-refractivity contribution in [2.24, 2.45) is 5.73 Å². The molecule has 146 valence electrons. The molecular weight excluding hydrogens is 374 g/mol. The van der Waals surface area contributed by atoms with Crippen LogP contribution in [0.15, 0.2) is 36.4 Å². The molecule has 0 atom stereocenters. The Bertz CT molecular complexity index is 1000. The number of carbonyl (C=O) groups excluding carboxylic acids is 2. The van der Waals surface area contributed by atoms with Crippen LogP contribution in [0.3, 0.4) is 0 Å². The van der Waals surface area contributed by atoms with Gasteiger partial charge in [-0.25, -0.2) is 4.68 Å². The molecule has 2 amide bonds. The second-order valence-electron chi connectivity index (χ2n) is 7.15. The number of rotatable bonds is 5. The monoisotopic (exact) mass is 397 g/mol. The van der Waals surface area contributed by atoms with Gasteiger partial charge in [0.1, 0.15) is 4.83 Å². The standard InChI is InChI=1S/C20H23N5O2S/c1-13-16-11-17(28-20(16)25(23-13)15-5-3-2-4-6-15)19(27)22-14-7-9-24(10-8-14)12-18(21)26/h2-6,11,14H,7-10,12H2,1H3,(H2,21,26)(H,22,27). The van der Waals surface area contributed by atoms with Gasteiger partial charge < -0.3 is 11.1 Å². The zero-order chi connectivity index (χ0) is 19.7. The smallest absolute Gasteiger partial charge is 0.261 e. The Balaban J connectivity index is 1.48. The van der Waals surface area contributed by atoms with Gasteiger partial charge in [0.05, 0.1) is 22.8 Å². The number of hydrogen-bond acceptors (Lipinski definition) is 5. The molecule has 0 aliphatic carbocycles. The molecule has 0 saturated carbocycles. The number of nitrogens with zero attached hydrogens (tertiary/aromatic N) is 3. The van der Waals surface area contributed by atoms with E-state index in [-0.39, 0.29) is 24.4 Å². The number of nitrogens with two attached hydrogens (primary N) is 1. The lowest BCUT2D eigenvalue weighted by molar-refractivity contribution is -0.119. The molecule has 0 spiro atoms. The van der Waals surface area contributed by atoms with Crippen LogP contribution < -0.4 is 11.1 Å². The van der Waals surface area contributed by atoms with Gasteiger partial charge in [0.15, 0.2) is 0 Å². The van der Waals surface area contributed by atoms with Crippen molar-refractivity contribution in [3.8, 4) is 5.69 Å². The van der Waals surface area contributed by atoms with Crippen LogP contribution in [0.25, 0.3) is 15.9 Å². The molecule has 1 aliphatic heterocycles. The first-order valence-electron chi connectivity index (χ1n) is 9.37. The highest BCUT2D eigenvalue weighted by atomic mass is 32.1. The number of nitrogens with one attached hydrogen (secondary N) is 1. The number of piperidine rings is 1. The van der Waals surface area contributed by atoms with Gasteiger partial charge in [0.25, 0.3) is 5.91 Å². The van der Waals surface area contributed by atoms with E-state index in [1.54, 1.807) is 0 Å². The molecule has 7 nitrogen and oxygen atoms in total. The summed E-state index contributed by atoms with van der Waals surface area (Å²) in [7, 11) is 0. The van der Waals surface area contributed by atoms with Crippen LogP contribution >= 0.6 is 11.3 Å². The summed E-state index contributed by atoms with van der Waals surface area (Å²) in [6.07, 6.45) is 1.64. The fourth-order valence-corrected chi connectivity index (χ4v) is 4.70. The van der Waals surface area contributed by atoms with Crippen molar-refractivity contribution < 1.29 is 9.59 Å². The number of aryl methyl sites for hydroxylation is 1. The highest BCUT2D eigenvalue weighted by Crippen LogP contribution is 2.30. The highest BCUT2D eigenvalue weighted by Gasteiger charge is 2.23. The number of fused-ring (bicyclic) bond motifs is 1. The van der Waals surface area contributed by atoms with Crippen molar-refractivity contribution >= 4 is 33.4 Å².